The number of aliphatic hydroxyl groups is 1. The zero-order chi connectivity index (χ0) is 28.8. The van der Waals surface area contributed by atoms with E-state index in [1.165, 1.54) is 47.5 Å². The quantitative estimate of drug-likeness (QED) is 0.468. The molecule has 0 aliphatic carbocycles. The van der Waals surface area contributed by atoms with Crippen molar-refractivity contribution in [3.05, 3.63) is 89.1 Å². The third-order valence-electron chi connectivity index (χ3n) is 6.61. The van der Waals surface area contributed by atoms with Crippen molar-refractivity contribution in [1.82, 2.24) is 14.8 Å². The molecule has 2 aromatic carbocycles. The summed E-state index contributed by atoms with van der Waals surface area (Å²) in [7, 11) is 1.61. The van der Waals surface area contributed by atoms with E-state index >= 15 is 0 Å². The van der Waals surface area contributed by atoms with E-state index in [9.17, 15) is 23.5 Å². The first-order chi connectivity index (χ1) is 19.1. The first kappa shape index (κ1) is 28.5. The number of aromatic nitrogens is 1. The lowest BCUT2D eigenvalue weighted by molar-refractivity contribution is 0.0356. The molecule has 8 nitrogen and oxygen atoms in total. The largest absolute Gasteiger partial charge is 0.472 e. The fourth-order valence-corrected chi connectivity index (χ4v) is 4.17. The van der Waals surface area contributed by atoms with Gasteiger partial charge < -0.3 is 25.0 Å². The van der Waals surface area contributed by atoms with Crippen molar-refractivity contribution in [2.24, 2.45) is 5.92 Å². The molecule has 2 N–H and O–H groups in total. The van der Waals surface area contributed by atoms with E-state index in [1.807, 2.05) is 6.92 Å². The van der Waals surface area contributed by atoms with Crippen LogP contribution in [0.1, 0.15) is 35.3 Å². The summed E-state index contributed by atoms with van der Waals surface area (Å²) in [6.45, 7) is 3.83. The Hall–Kier alpha value is -4.49. The zero-order valence-electron chi connectivity index (χ0n) is 22.4. The molecule has 0 fully saturated rings. The summed E-state index contributed by atoms with van der Waals surface area (Å²) >= 11 is 0. The van der Waals surface area contributed by atoms with Gasteiger partial charge in [-0.3, -0.25) is 4.79 Å². The Labute approximate surface area is 231 Å². The molecule has 0 saturated carbocycles. The Morgan fingerprint density at radius 1 is 1.15 bits per heavy atom. The number of nitrogens with one attached hydrogen (secondary N) is 1. The van der Waals surface area contributed by atoms with Crippen molar-refractivity contribution in [2.45, 2.75) is 26.0 Å². The van der Waals surface area contributed by atoms with E-state index in [2.05, 4.69) is 22.1 Å². The predicted octanol–water partition coefficient (Wildman–Crippen LogP) is 4.14. The minimum atomic E-state index is -0.548. The first-order valence-electron chi connectivity index (χ1n) is 12.8. The van der Waals surface area contributed by atoms with Gasteiger partial charge in [-0.25, -0.2) is 18.6 Å². The summed E-state index contributed by atoms with van der Waals surface area (Å²) < 4.78 is 32.6. The lowest BCUT2D eigenvalue weighted by atomic mass is 10.00. The molecular weight excluding hydrogens is 518 g/mol. The monoisotopic (exact) mass is 548 g/mol. The van der Waals surface area contributed by atoms with Gasteiger partial charge in [0, 0.05) is 42.5 Å². The highest BCUT2D eigenvalue weighted by molar-refractivity contribution is 5.97. The van der Waals surface area contributed by atoms with E-state index in [0.717, 1.165) is 0 Å². The highest BCUT2D eigenvalue weighted by Gasteiger charge is 2.34. The molecule has 0 radical (unpaired) electrons. The van der Waals surface area contributed by atoms with E-state index in [4.69, 9.17) is 4.74 Å². The number of urea groups is 1. The van der Waals surface area contributed by atoms with Crippen LogP contribution in [0.3, 0.4) is 0 Å². The van der Waals surface area contributed by atoms with Crippen LogP contribution in [0.15, 0.2) is 60.8 Å². The number of hydrogen-bond donors (Lipinski definition) is 2. The molecule has 208 valence electrons. The van der Waals surface area contributed by atoms with E-state index in [1.54, 1.807) is 37.1 Å². The first-order valence-corrected chi connectivity index (χ1v) is 12.8. The molecule has 1 unspecified atom stereocenters. The van der Waals surface area contributed by atoms with Crippen LogP contribution in [0.4, 0.5) is 19.3 Å². The Morgan fingerprint density at radius 3 is 2.42 bits per heavy atom. The van der Waals surface area contributed by atoms with Crippen LogP contribution in [0.5, 0.6) is 5.88 Å². The van der Waals surface area contributed by atoms with Gasteiger partial charge in [0.2, 0.25) is 5.88 Å². The van der Waals surface area contributed by atoms with Crippen LogP contribution < -0.4 is 10.1 Å². The molecule has 3 amide bonds. The highest BCUT2D eigenvalue weighted by Crippen LogP contribution is 2.27. The standard InChI is InChI=1S/C30H30F2N4O4/c1-19-16-36(20(2)18-37)29(38)26-14-22(5-4-21-6-8-23(31)9-7-21)15-33-28(26)40-27(19)17-35(3)30(39)34-25-12-10-24(32)11-13-25/h6-15,19-20,27,37H,16-18H2,1-3H3,(H,34,39)/t19-,20?,27-/m0/s1. The summed E-state index contributed by atoms with van der Waals surface area (Å²) in [5.41, 5.74) is 1.68. The molecule has 0 saturated heterocycles. The minimum absolute atomic E-state index is 0.0939. The SMILES string of the molecule is CC(CO)N1C[C@H](C)[C@H](CN(C)C(=O)Nc2ccc(F)cc2)Oc2ncc(C#Cc3ccc(F)cc3)cc2C1=O. The van der Waals surface area contributed by atoms with Crippen LogP contribution in [-0.2, 0) is 0 Å². The van der Waals surface area contributed by atoms with Crippen LogP contribution >= 0.6 is 0 Å². The van der Waals surface area contributed by atoms with Crippen LogP contribution in [0.25, 0.3) is 0 Å². The maximum atomic E-state index is 13.6. The number of carbonyl (C=O) groups excluding carboxylic acids is 2. The maximum absolute atomic E-state index is 13.6. The second-order valence-electron chi connectivity index (χ2n) is 9.77. The number of rotatable bonds is 5. The third-order valence-corrected chi connectivity index (χ3v) is 6.61. The number of benzene rings is 2. The normalized spacial score (nSPS) is 17.4. The van der Waals surface area contributed by atoms with E-state index in [0.29, 0.717) is 16.8 Å². The molecule has 0 bridgehead atoms. The van der Waals surface area contributed by atoms with E-state index < -0.39 is 24.0 Å². The van der Waals surface area contributed by atoms with Gasteiger partial charge in [0.05, 0.1) is 19.2 Å². The summed E-state index contributed by atoms with van der Waals surface area (Å²) in [4.78, 5) is 33.8. The van der Waals surface area contributed by atoms with Crippen LogP contribution in [0, 0.1) is 29.4 Å². The van der Waals surface area contributed by atoms with Crippen molar-refractivity contribution < 1.29 is 28.2 Å². The summed E-state index contributed by atoms with van der Waals surface area (Å²) in [6.07, 6.45) is 0.935. The number of likely N-dealkylation sites (N-methyl/N-ethyl adjacent to an activating group) is 1. The molecular formula is C30H30F2N4O4. The van der Waals surface area contributed by atoms with Gasteiger partial charge >= 0.3 is 6.03 Å². The molecule has 4 rings (SSSR count). The van der Waals surface area contributed by atoms with Gasteiger partial charge in [0.15, 0.2) is 0 Å². The number of amides is 3. The number of anilines is 1. The molecule has 3 atom stereocenters. The number of carbonyl (C=O) groups is 2. The molecule has 10 heteroatoms. The molecule has 1 aromatic heterocycles. The number of aliphatic hydroxyl groups excluding tert-OH is 1. The van der Waals surface area contributed by atoms with Crippen molar-refractivity contribution in [2.75, 3.05) is 32.1 Å². The minimum Gasteiger partial charge on any atom is -0.472 e. The predicted molar refractivity (Wildman–Crippen MR) is 146 cm³/mol. The number of halogens is 2. The average Bonchev–Trinajstić information content (AvgIpc) is 2.95. The van der Waals surface area contributed by atoms with Gasteiger partial charge in [0.1, 0.15) is 23.3 Å². The Balaban J connectivity index is 1.60. The zero-order valence-corrected chi connectivity index (χ0v) is 22.4. The van der Waals surface area contributed by atoms with E-state index in [-0.39, 0.29) is 48.8 Å². The number of hydrogen-bond acceptors (Lipinski definition) is 5. The molecule has 1 aliphatic heterocycles. The lowest BCUT2D eigenvalue weighted by Gasteiger charge is -2.37. The van der Waals surface area contributed by atoms with Gasteiger partial charge in [-0.05, 0) is 61.5 Å². The maximum Gasteiger partial charge on any atom is 0.321 e. The Morgan fingerprint density at radius 2 is 1.77 bits per heavy atom. The second-order valence-corrected chi connectivity index (χ2v) is 9.77. The third kappa shape index (κ3) is 6.93. The molecule has 2 heterocycles. The summed E-state index contributed by atoms with van der Waals surface area (Å²) in [6, 6.07) is 11.9. The van der Waals surface area contributed by atoms with Gasteiger partial charge in [-0.15, -0.1) is 0 Å². The Bertz CT molecular complexity index is 1420. The average molecular weight is 549 g/mol. The second kappa shape index (κ2) is 12.6. The van der Waals surface area contributed by atoms with Gasteiger partial charge in [-0.2, -0.15) is 0 Å². The fourth-order valence-electron chi connectivity index (χ4n) is 4.17. The summed E-state index contributed by atoms with van der Waals surface area (Å²) in [5, 5.41) is 12.6. The number of fused-ring (bicyclic) bond motifs is 1. The van der Waals surface area contributed by atoms with Crippen molar-refractivity contribution in [3.8, 4) is 17.7 Å². The van der Waals surface area contributed by atoms with Crippen LogP contribution in [0.2, 0.25) is 0 Å². The molecule has 40 heavy (non-hydrogen) atoms. The molecule has 3 aromatic rings. The number of ether oxygens (including phenoxy) is 1. The molecule has 0 spiro atoms. The molecule has 1 aliphatic rings. The lowest BCUT2D eigenvalue weighted by Crippen LogP contribution is -2.50. The summed E-state index contributed by atoms with van der Waals surface area (Å²) in [5.74, 6) is 4.60. The Kier molecular flexibility index (Phi) is 8.97. The van der Waals surface area contributed by atoms with Crippen molar-refractivity contribution >= 4 is 17.6 Å². The smallest absolute Gasteiger partial charge is 0.321 e. The van der Waals surface area contributed by atoms with Crippen molar-refractivity contribution in [1.29, 1.82) is 0 Å². The number of pyridine rings is 1. The van der Waals surface area contributed by atoms with Crippen molar-refractivity contribution in [3.63, 3.8) is 0 Å². The van der Waals surface area contributed by atoms with Gasteiger partial charge in [-0.1, -0.05) is 18.8 Å². The van der Waals surface area contributed by atoms with Gasteiger partial charge in [0.25, 0.3) is 5.91 Å². The van der Waals surface area contributed by atoms with Crippen LogP contribution in [-0.4, -0.2) is 70.7 Å². The number of nitrogens with zero attached hydrogens (tertiary/aromatic N) is 3. The topological polar surface area (TPSA) is 95.0 Å². The highest BCUT2D eigenvalue weighted by atomic mass is 19.1. The fraction of sp³-hybridized carbons (Fsp3) is 0.300.